The van der Waals surface area contributed by atoms with E-state index in [-0.39, 0.29) is 0 Å². The summed E-state index contributed by atoms with van der Waals surface area (Å²) in [4.78, 5) is 0. The van der Waals surface area contributed by atoms with Gasteiger partial charge in [0.15, 0.2) is 0 Å². The van der Waals surface area contributed by atoms with Crippen LogP contribution in [0, 0.1) is 0 Å². The van der Waals surface area contributed by atoms with E-state index in [9.17, 15) is 0 Å². The van der Waals surface area contributed by atoms with Gasteiger partial charge in [0.05, 0.1) is 11.2 Å². The molecule has 0 amide bonds. The number of fused-ring (bicyclic) bond motifs is 2. The zero-order valence-electron chi connectivity index (χ0n) is 12.9. The number of para-hydroxylation sites is 2. The van der Waals surface area contributed by atoms with Crippen LogP contribution in [0.1, 0.15) is 16.7 Å². The molecular weight excluding hydrogens is 314 g/mol. The molecule has 0 saturated heterocycles. The van der Waals surface area contributed by atoms with Gasteiger partial charge in [0.1, 0.15) is 0 Å². The van der Waals surface area contributed by atoms with Gasteiger partial charge >= 0.3 is 0 Å². The van der Waals surface area contributed by atoms with E-state index in [0.29, 0.717) is 0 Å². The van der Waals surface area contributed by atoms with Crippen LogP contribution in [0.25, 0.3) is 28.2 Å². The summed E-state index contributed by atoms with van der Waals surface area (Å²) in [7, 11) is 0. The van der Waals surface area contributed by atoms with Crippen molar-refractivity contribution in [2.45, 2.75) is 0 Å². The summed E-state index contributed by atoms with van der Waals surface area (Å²) in [5.74, 6) is 0. The third-order valence-electron chi connectivity index (χ3n) is 4.65. The fraction of sp³-hybridized carbons (Fsp3) is 0. The van der Waals surface area contributed by atoms with E-state index >= 15 is 0 Å². The quantitative estimate of drug-likeness (QED) is 0.346. The Hall–Kier alpha value is -2.77. The molecule has 1 aliphatic rings. The second-order valence-electron chi connectivity index (χ2n) is 6.05. The van der Waals surface area contributed by atoms with Gasteiger partial charge in [-0.05, 0) is 47.0 Å². The van der Waals surface area contributed by atoms with Gasteiger partial charge in [-0.2, -0.15) is 0 Å². The summed E-state index contributed by atoms with van der Waals surface area (Å²) in [6.07, 6.45) is 4.44. The Balaban J connectivity index is 1.91. The lowest BCUT2D eigenvalue weighted by Gasteiger charge is -2.10. The normalized spacial score (nSPS) is 12.6. The summed E-state index contributed by atoms with van der Waals surface area (Å²) in [5, 5.41) is 2.01. The Morgan fingerprint density at radius 1 is 0.750 bits per heavy atom. The van der Waals surface area contributed by atoms with Gasteiger partial charge in [0.2, 0.25) is 0 Å². The molecule has 1 aliphatic heterocycles. The molecule has 0 saturated carbocycles. The maximum Gasteiger partial charge on any atom is 0.0607 e. The smallest absolute Gasteiger partial charge is 0.0607 e. The number of benzene rings is 3. The molecule has 0 unspecified atom stereocenters. The average Bonchev–Trinajstić information content (AvgIpc) is 2.99. The number of nitrogens with zero attached hydrogens (tertiary/aromatic N) is 1. The molecule has 1 nitrogen and oxygen atoms in total. The first-order valence-electron chi connectivity index (χ1n) is 7.99. The predicted molar refractivity (Wildman–Crippen MR) is 102 cm³/mol. The second kappa shape index (κ2) is 5.12. The molecule has 2 heterocycles. The Kier molecular flexibility index (Phi) is 2.91. The largest absolute Gasteiger partial charge is 0.315 e. The van der Waals surface area contributed by atoms with Crippen LogP contribution in [-0.2, 0) is 0 Å². The number of hydrogen-bond acceptors (Lipinski definition) is 0. The highest BCUT2D eigenvalue weighted by molar-refractivity contribution is 6.30. The summed E-state index contributed by atoms with van der Waals surface area (Å²) < 4.78 is 2.29. The SMILES string of the molecule is Clc1ccc(C2=Cc3ccccc3-n3ccc4cccc2c43)cc1. The van der Waals surface area contributed by atoms with Crippen molar-refractivity contribution in [1.82, 2.24) is 4.57 Å². The fourth-order valence-electron chi connectivity index (χ4n) is 3.54. The topological polar surface area (TPSA) is 4.93 Å². The van der Waals surface area contributed by atoms with Crippen LogP contribution in [0.4, 0.5) is 0 Å². The molecule has 0 radical (unpaired) electrons. The zero-order chi connectivity index (χ0) is 16.1. The molecule has 114 valence electrons. The highest BCUT2D eigenvalue weighted by Gasteiger charge is 2.18. The molecule has 0 atom stereocenters. The average molecular weight is 328 g/mol. The van der Waals surface area contributed by atoms with Crippen LogP contribution in [0.2, 0.25) is 5.02 Å². The van der Waals surface area contributed by atoms with Gasteiger partial charge in [0, 0.05) is 22.2 Å². The first kappa shape index (κ1) is 13.6. The number of aromatic nitrogens is 1. The molecule has 0 aliphatic carbocycles. The van der Waals surface area contributed by atoms with Crippen molar-refractivity contribution in [1.29, 1.82) is 0 Å². The van der Waals surface area contributed by atoms with E-state index in [1.807, 2.05) is 12.1 Å². The maximum atomic E-state index is 6.08. The lowest BCUT2D eigenvalue weighted by atomic mass is 9.95. The van der Waals surface area contributed by atoms with Crippen molar-refractivity contribution in [3.8, 4) is 5.69 Å². The molecule has 0 bridgehead atoms. The van der Waals surface area contributed by atoms with Crippen LogP contribution < -0.4 is 0 Å². The molecule has 0 N–H and O–H groups in total. The van der Waals surface area contributed by atoms with Gasteiger partial charge < -0.3 is 4.57 Å². The molecular formula is C22H14ClN. The molecule has 24 heavy (non-hydrogen) atoms. The monoisotopic (exact) mass is 327 g/mol. The number of halogens is 1. The summed E-state index contributed by atoms with van der Waals surface area (Å²) in [5.41, 5.74) is 7.33. The highest BCUT2D eigenvalue weighted by atomic mass is 35.5. The number of hydrogen-bond donors (Lipinski definition) is 0. The maximum absolute atomic E-state index is 6.08. The second-order valence-corrected chi connectivity index (χ2v) is 6.49. The minimum absolute atomic E-state index is 0.759. The molecule has 5 rings (SSSR count). The summed E-state index contributed by atoms with van der Waals surface area (Å²) >= 11 is 6.08. The van der Waals surface area contributed by atoms with Crippen molar-refractivity contribution >= 4 is 34.2 Å². The van der Waals surface area contributed by atoms with E-state index in [4.69, 9.17) is 11.6 Å². The van der Waals surface area contributed by atoms with E-state index in [1.165, 1.54) is 38.9 Å². The van der Waals surface area contributed by atoms with E-state index < -0.39 is 0 Å². The van der Waals surface area contributed by atoms with Gasteiger partial charge in [-0.3, -0.25) is 0 Å². The third kappa shape index (κ3) is 1.95. The minimum atomic E-state index is 0.759. The third-order valence-corrected chi connectivity index (χ3v) is 4.90. The predicted octanol–water partition coefficient (Wildman–Crippen LogP) is 6.19. The molecule has 0 spiro atoms. The Labute approximate surface area is 145 Å². The lowest BCUT2D eigenvalue weighted by Crippen LogP contribution is -1.94. The molecule has 4 aromatic rings. The standard InChI is InChI=1S/C22H14ClN/c23-18-10-8-15(9-11-18)20-14-17-4-1-2-7-21(17)24-13-12-16-5-3-6-19(20)22(16)24/h1-14H. The highest BCUT2D eigenvalue weighted by Crippen LogP contribution is 2.37. The first-order chi connectivity index (χ1) is 11.8. The van der Waals surface area contributed by atoms with Crippen LogP contribution >= 0.6 is 11.6 Å². The Morgan fingerprint density at radius 2 is 1.58 bits per heavy atom. The van der Waals surface area contributed by atoms with E-state index in [2.05, 4.69) is 77.5 Å². The van der Waals surface area contributed by atoms with Crippen molar-refractivity contribution in [2.75, 3.05) is 0 Å². The van der Waals surface area contributed by atoms with Crippen LogP contribution in [-0.4, -0.2) is 4.57 Å². The van der Waals surface area contributed by atoms with Crippen molar-refractivity contribution in [3.05, 3.63) is 101 Å². The summed E-state index contributed by atoms with van der Waals surface area (Å²) in [6.45, 7) is 0. The Morgan fingerprint density at radius 3 is 2.46 bits per heavy atom. The Bertz CT molecular complexity index is 1100. The summed E-state index contributed by atoms with van der Waals surface area (Å²) in [6, 6.07) is 25.3. The van der Waals surface area contributed by atoms with Crippen LogP contribution in [0.15, 0.2) is 79.0 Å². The van der Waals surface area contributed by atoms with Crippen molar-refractivity contribution in [2.24, 2.45) is 0 Å². The van der Waals surface area contributed by atoms with Gasteiger partial charge in [-0.25, -0.2) is 0 Å². The lowest BCUT2D eigenvalue weighted by molar-refractivity contribution is 1.12. The van der Waals surface area contributed by atoms with Gasteiger partial charge in [-0.15, -0.1) is 0 Å². The van der Waals surface area contributed by atoms with Gasteiger partial charge in [0.25, 0.3) is 0 Å². The van der Waals surface area contributed by atoms with Crippen molar-refractivity contribution < 1.29 is 0 Å². The number of rotatable bonds is 1. The first-order valence-corrected chi connectivity index (χ1v) is 8.36. The van der Waals surface area contributed by atoms with Crippen LogP contribution in [0.3, 0.4) is 0 Å². The zero-order valence-corrected chi connectivity index (χ0v) is 13.7. The van der Waals surface area contributed by atoms with E-state index in [0.717, 1.165) is 5.02 Å². The van der Waals surface area contributed by atoms with E-state index in [1.54, 1.807) is 0 Å². The molecule has 3 aromatic carbocycles. The van der Waals surface area contributed by atoms with Crippen LogP contribution in [0.5, 0.6) is 0 Å². The minimum Gasteiger partial charge on any atom is -0.315 e. The fourth-order valence-corrected chi connectivity index (χ4v) is 3.67. The molecule has 1 aromatic heterocycles. The molecule has 0 fully saturated rings. The van der Waals surface area contributed by atoms with Crippen molar-refractivity contribution in [3.63, 3.8) is 0 Å². The molecule has 2 heteroatoms. The van der Waals surface area contributed by atoms with Gasteiger partial charge in [-0.1, -0.05) is 60.1 Å².